The van der Waals surface area contributed by atoms with Crippen molar-refractivity contribution < 1.29 is 24.2 Å². The molecule has 9 heteroatoms. The molecule has 6 atom stereocenters. The summed E-state index contributed by atoms with van der Waals surface area (Å²) in [6.45, 7) is 2.44. The number of methoxy groups -OCH3 is 1. The first kappa shape index (κ1) is 26.7. The summed E-state index contributed by atoms with van der Waals surface area (Å²) >= 11 is 1.54. The van der Waals surface area contributed by atoms with Crippen LogP contribution in [0.1, 0.15) is 18.5 Å². The van der Waals surface area contributed by atoms with Crippen LogP contribution in [0.3, 0.4) is 0 Å². The van der Waals surface area contributed by atoms with E-state index in [1.807, 2.05) is 73.7 Å². The molecular formula is C31H33N3O5S. The molecule has 40 heavy (non-hydrogen) atoms. The van der Waals surface area contributed by atoms with E-state index >= 15 is 0 Å². The van der Waals surface area contributed by atoms with Gasteiger partial charge >= 0.3 is 0 Å². The predicted molar refractivity (Wildman–Crippen MR) is 154 cm³/mol. The fourth-order valence-electron chi connectivity index (χ4n) is 6.94. The van der Waals surface area contributed by atoms with Crippen LogP contribution in [-0.2, 0) is 14.4 Å². The van der Waals surface area contributed by atoms with Gasteiger partial charge in [0.15, 0.2) is 0 Å². The molecule has 0 radical (unpaired) electrons. The van der Waals surface area contributed by atoms with Crippen LogP contribution in [0, 0.1) is 11.8 Å². The molecule has 0 aliphatic carbocycles. The van der Waals surface area contributed by atoms with Crippen molar-refractivity contribution in [1.29, 1.82) is 0 Å². The second-order valence-electron chi connectivity index (χ2n) is 11.0. The number of nitrogens with zero attached hydrogens (tertiary/aromatic N) is 3. The van der Waals surface area contributed by atoms with Gasteiger partial charge in [0, 0.05) is 30.6 Å². The van der Waals surface area contributed by atoms with Gasteiger partial charge < -0.3 is 24.5 Å². The predicted octanol–water partition coefficient (Wildman–Crippen LogP) is 3.05. The highest BCUT2D eigenvalue weighted by atomic mass is 32.2. The van der Waals surface area contributed by atoms with E-state index < -0.39 is 33.4 Å². The number of hydrogen-bond acceptors (Lipinski definition) is 6. The maximum Gasteiger partial charge on any atom is 0.251 e. The van der Waals surface area contributed by atoms with Crippen LogP contribution in [-0.4, -0.2) is 82.0 Å². The summed E-state index contributed by atoms with van der Waals surface area (Å²) in [4.78, 5) is 48.1. The molecule has 0 aromatic heterocycles. The van der Waals surface area contributed by atoms with E-state index in [4.69, 9.17) is 4.74 Å². The van der Waals surface area contributed by atoms with Gasteiger partial charge in [-0.1, -0.05) is 54.6 Å². The number of amides is 3. The van der Waals surface area contributed by atoms with Crippen molar-refractivity contribution >= 4 is 35.2 Å². The number of benzene rings is 2. The smallest absolute Gasteiger partial charge is 0.251 e. The minimum Gasteiger partial charge on any atom is -0.497 e. The number of rotatable bonds is 5. The molecule has 0 saturated carbocycles. The third-order valence-electron chi connectivity index (χ3n) is 8.77. The molecule has 2 aromatic carbocycles. The van der Waals surface area contributed by atoms with E-state index in [9.17, 15) is 19.5 Å². The first-order valence-corrected chi connectivity index (χ1v) is 14.3. The fourth-order valence-corrected chi connectivity index (χ4v) is 9.09. The Labute approximate surface area is 238 Å². The number of carbonyl (C=O) groups excluding carboxylic acids is 3. The zero-order valence-corrected chi connectivity index (χ0v) is 23.6. The molecule has 3 amide bonds. The first-order chi connectivity index (χ1) is 19.3. The SMILES string of the molecule is COc1ccc(N2CC=C[C@]34S[C@@]5(C)C=CCN(C)C(=O)[C@H]5[C@H]3C(=O)N([C@H](CO)c3ccccc3)C4C2=O)cc1. The Morgan fingerprint density at radius 2 is 1.65 bits per heavy atom. The van der Waals surface area contributed by atoms with Gasteiger partial charge in [-0.3, -0.25) is 14.4 Å². The Hall–Kier alpha value is -3.56. The van der Waals surface area contributed by atoms with Crippen molar-refractivity contribution in [2.45, 2.75) is 28.5 Å². The topological polar surface area (TPSA) is 90.4 Å². The lowest BCUT2D eigenvalue weighted by Crippen LogP contribution is -2.54. The van der Waals surface area contributed by atoms with Gasteiger partial charge in [0.25, 0.3) is 5.91 Å². The monoisotopic (exact) mass is 559 g/mol. The Balaban J connectivity index is 1.53. The molecule has 6 rings (SSSR count). The van der Waals surface area contributed by atoms with Gasteiger partial charge in [-0.05, 0) is 36.8 Å². The lowest BCUT2D eigenvalue weighted by atomic mass is 9.74. The number of likely N-dealkylation sites (N-methyl/N-ethyl adjacent to an activating group) is 1. The Morgan fingerprint density at radius 3 is 2.33 bits per heavy atom. The number of carbonyl (C=O) groups is 3. The van der Waals surface area contributed by atoms with Gasteiger partial charge in [0.05, 0.1) is 36.3 Å². The molecule has 1 unspecified atom stereocenters. The summed E-state index contributed by atoms with van der Waals surface area (Å²) in [6, 6.07) is 14.9. The maximum atomic E-state index is 14.7. The lowest BCUT2D eigenvalue weighted by molar-refractivity contribution is -0.145. The van der Waals surface area contributed by atoms with E-state index in [1.54, 1.807) is 41.0 Å². The molecule has 2 saturated heterocycles. The summed E-state index contributed by atoms with van der Waals surface area (Å²) in [5, 5.41) is 10.7. The van der Waals surface area contributed by atoms with Crippen LogP contribution in [0.25, 0.3) is 0 Å². The molecule has 4 heterocycles. The largest absolute Gasteiger partial charge is 0.497 e. The number of hydrogen-bond donors (Lipinski definition) is 1. The van der Waals surface area contributed by atoms with Crippen molar-refractivity contribution in [3.8, 4) is 5.75 Å². The van der Waals surface area contributed by atoms with Gasteiger partial charge in [0.2, 0.25) is 11.8 Å². The second kappa shape index (κ2) is 9.82. The summed E-state index contributed by atoms with van der Waals surface area (Å²) < 4.78 is 3.65. The molecule has 208 valence electrons. The fraction of sp³-hybridized carbons (Fsp3) is 0.387. The third-order valence-corrected chi connectivity index (χ3v) is 10.6. The average Bonchev–Trinajstić information content (AvgIpc) is 3.24. The van der Waals surface area contributed by atoms with E-state index in [-0.39, 0.29) is 24.3 Å². The Morgan fingerprint density at radius 1 is 0.950 bits per heavy atom. The molecule has 2 fully saturated rings. The standard InChI is InChI=1S/C31H33N3O5S/c1-30-15-7-17-32(2)27(36)24(30)25-28(37)34(23(19-35)20-9-5-4-6-10-20)26-29(38)33(18-8-16-31(25,26)40-30)21-11-13-22(39-3)14-12-21/h4-16,23-26,35H,17-19H2,1-3H3/t23-,24-,25+,26?,30+,31+/m1/s1. The minimum absolute atomic E-state index is 0.104. The maximum absolute atomic E-state index is 14.7. The summed E-state index contributed by atoms with van der Waals surface area (Å²) in [7, 11) is 3.34. The van der Waals surface area contributed by atoms with Crippen LogP contribution in [0.2, 0.25) is 0 Å². The normalized spacial score (nSPS) is 31.9. The highest BCUT2D eigenvalue weighted by Crippen LogP contribution is 2.66. The van der Waals surface area contributed by atoms with Crippen LogP contribution in [0.15, 0.2) is 78.9 Å². The molecular weight excluding hydrogens is 526 g/mol. The van der Waals surface area contributed by atoms with Gasteiger partial charge in [-0.2, -0.15) is 0 Å². The Bertz CT molecular complexity index is 1400. The van der Waals surface area contributed by atoms with Crippen molar-refractivity contribution in [2.24, 2.45) is 11.8 Å². The van der Waals surface area contributed by atoms with Gasteiger partial charge in [-0.25, -0.2) is 0 Å². The minimum atomic E-state index is -0.991. The van der Waals surface area contributed by atoms with E-state index in [2.05, 4.69) is 0 Å². The van der Waals surface area contributed by atoms with Crippen molar-refractivity contribution in [2.75, 3.05) is 38.8 Å². The van der Waals surface area contributed by atoms with Crippen LogP contribution in [0.5, 0.6) is 5.75 Å². The molecule has 8 nitrogen and oxygen atoms in total. The van der Waals surface area contributed by atoms with E-state index in [0.717, 1.165) is 5.56 Å². The first-order valence-electron chi connectivity index (χ1n) is 13.5. The average molecular weight is 560 g/mol. The number of likely N-dealkylation sites (tertiary alicyclic amines) is 1. The quantitative estimate of drug-likeness (QED) is 0.567. The summed E-state index contributed by atoms with van der Waals surface area (Å²) in [5.74, 6) is -1.36. The highest BCUT2D eigenvalue weighted by Gasteiger charge is 2.74. The number of anilines is 1. The number of aliphatic hydroxyl groups is 1. The van der Waals surface area contributed by atoms with Crippen molar-refractivity contribution in [1.82, 2.24) is 9.80 Å². The van der Waals surface area contributed by atoms with Crippen molar-refractivity contribution in [3.63, 3.8) is 0 Å². The van der Waals surface area contributed by atoms with E-state index in [1.165, 1.54) is 11.8 Å². The van der Waals surface area contributed by atoms with Crippen LogP contribution >= 0.6 is 11.8 Å². The van der Waals surface area contributed by atoms with Crippen LogP contribution in [0.4, 0.5) is 5.69 Å². The lowest BCUT2D eigenvalue weighted by Gasteiger charge is -2.39. The highest BCUT2D eigenvalue weighted by molar-refractivity contribution is 8.02. The Kier molecular flexibility index (Phi) is 6.54. The molecule has 0 bridgehead atoms. The number of aliphatic hydroxyl groups excluding tert-OH is 1. The van der Waals surface area contributed by atoms with Gasteiger partial charge in [0.1, 0.15) is 11.8 Å². The molecule has 2 aromatic rings. The number of ether oxygens (including phenoxy) is 1. The second-order valence-corrected chi connectivity index (χ2v) is 12.8. The molecule has 1 spiro atoms. The molecule has 1 N–H and O–H groups in total. The zero-order valence-electron chi connectivity index (χ0n) is 22.8. The zero-order chi connectivity index (χ0) is 28.2. The summed E-state index contributed by atoms with van der Waals surface area (Å²) in [6.07, 6.45) is 7.96. The third kappa shape index (κ3) is 3.82. The summed E-state index contributed by atoms with van der Waals surface area (Å²) in [5.41, 5.74) is 1.42. The van der Waals surface area contributed by atoms with E-state index in [0.29, 0.717) is 24.5 Å². The number of thioether (sulfide) groups is 1. The van der Waals surface area contributed by atoms with Crippen molar-refractivity contribution in [3.05, 3.63) is 84.5 Å². The molecule has 4 aliphatic rings. The molecule has 4 aliphatic heterocycles. The van der Waals surface area contributed by atoms with Gasteiger partial charge in [-0.15, -0.1) is 11.8 Å². The van der Waals surface area contributed by atoms with Crippen LogP contribution < -0.4 is 9.64 Å². The number of fused-ring (bicyclic) bond motifs is 2.